The van der Waals surface area contributed by atoms with Crippen LogP contribution in [0.15, 0.2) is 36.9 Å². The zero-order valence-electron chi connectivity index (χ0n) is 9.20. The first-order chi connectivity index (χ1) is 8.38. The molecule has 0 saturated carbocycles. The van der Waals surface area contributed by atoms with E-state index in [9.17, 15) is 0 Å². The van der Waals surface area contributed by atoms with Crippen LogP contribution in [0, 0.1) is 0 Å². The average molecular weight is 226 g/mol. The van der Waals surface area contributed by atoms with Gasteiger partial charge in [-0.15, -0.1) is 0 Å². The van der Waals surface area contributed by atoms with Crippen molar-refractivity contribution in [3.8, 4) is 5.82 Å². The molecule has 0 amide bonds. The Morgan fingerprint density at radius 1 is 1.18 bits per heavy atom. The zero-order chi connectivity index (χ0) is 11.7. The van der Waals surface area contributed by atoms with E-state index < -0.39 is 0 Å². The molecule has 0 radical (unpaired) electrons. The van der Waals surface area contributed by atoms with Crippen LogP contribution in [0.2, 0.25) is 0 Å². The lowest BCUT2D eigenvalue weighted by Crippen LogP contribution is -2.04. The van der Waals surface area contributed by atoms with Gasteiger partial charge in [-0.05, 0) is 12.1 Å². The summed E-state index contributed by atoms with van der Waals surface area (Å²) in [4.78, 5) is 12.7. The standard InChI is InChI=1S/C11H10N6/c1-12-11-15-9-5-3-2-4-8(9)10(16-11)17-7-13-6-14-17/h2-7H,1H3,(H,12,15,16). The summed E-state index contributed by atoms with van der Waals surface area (Å²) < 4.78 is 1.63. The van der Waals surface area contributed by atoms with Crippen LogP contribution in [-0.2, 0) is 0 Å². The number of aromatic nitrogens is 5. The predicted molar refractivity (Wildman–Crippen MR) is 64.0 cm³/mol. The second kappa shape index (κ2) is 3.82. The number of fused-ring (bicyclic) bond motifs is 1. The lowest BCUT2D eigenvalue weighted by molar-refractivity contribution is 0.851. The maximum Gasteiger partial charge on any atom is 0.225 e. The number of hydrogen-bond donors (Lipinski definition) is 1. The van der Waals surface area contributed by atoms with Gasteiger partial charge in [-0.25, -0.2) is 14.6 Å². The van der Waals surface area contributed by atoms with Gasteiger partial charge in [0, 0.05) is 12.4 Å². The van der Waals surface area contributed by atoms with Crippen molar-refractivity contribution in [2.24, 2.45) is 0 Å². The molecule has 2 heterocycles. The molecule has 17 heavy (non-hydrogen) atoms. The normalized spacial score (nSPS) is 10.6. The highest BCUT2D eigenvalue weighted by atomic mass is 15.4. The van der Waals surface area contributed by atoms with Gasteiger partial charge in [0.1, 0.15) is 12.7 Å². The summed E-state index contributed by atoms with van der Waals surface area (Å²) in [6, 6.07) is 7.80. The lowest BCUT2D eigenvalue weighted by Gasteiger charge is -2.07. The maximum absolute atomic E-state index is 4.40. The predicted octanol–water partition coefficient (Wildman–Crippen LogP) is 1.25. The summed E-state index contributed by atoms with van der Waals surface area (Å²) in [5.41, 5.74) is 0.873. The quantitative estimate of drug-likeness (QED) is 0.712. The molecule has 6 nitrogen and oxygen atoms in total. The summed E-state index contributed by atoms with van der Waals surface area (Å²) >= 11 is 0. The molecule has 84 valence electrons. The Morgan fingerprint density at radius 2 is 2.06 bits per heavy atom. The molecule has 3 rings (SSSR count). The van der Waals surface area contributed by atoms with E-state index in [1.165, 1.54) is 6.33 Å². The Labute approximate surface area is 97.4 Å². The number of nitrogens with one attached hydrogen (secondary N) is 1. The van der Waals surface area contributed by atoms with Crippen LogP contribution in [0.1, 0.15) is 0 Å². The summed E-state index contributed by atoms with van der Waals surface area (Å²) in [6.45, 7) is 0. The number of rotatable bonds is 2. The largest absolute Gasteiger partial charge is 0.357 e. The molecular formula is C11H10N6. The smallest absolute Gasteiger partial charge is 0.225 e. The molecule has 0 aliphatic heterocycles. The minimum Gasteiger partial charge on any atom is -0.357 e. The molecule has 3 aromatic rings. The van der Waals surface area contributed by atoms with Crippen LogP contribution in [0.25, 0.3) is 16.7 Å². The van der Waals surface area contributed by atoms with E-state index in [1.54, 1.807) is 18.1 Å². The number of anilines is 1. The fourth-order valence-corrected chi connectivity index (χ4v) is 1.66. The van der Waals surface area contributed by atoms with Crippen molar-refractivity contribution in [3.05, 3.63) is 36.9 Å². The topological polar surface area (TPSA) is 68.5 Å². The minimum atomic E-state index is 0.564. The number of hydrogen-bond acceptors (Lipinski definition) is 5. The SMILES string of the molecule is CNc1nc(-n2cncn2)c2ccccc2n1. The molecule has 1 aromatic carbocycles. The molecule has 0 saturated heterocycles. The highest BCUT2D eigenvalue weighted by Crippen LogP contribution is 2.19. The summed E-state index contributed by atoms with van der Waals surface area (Å²) in [5.74, 6) is 1.28. The van der Waals surface area contributed by atoms with Crippen LogP contribution in [0.4, 0.5) is 5.95 Å². The molecule has 0 aliphatic rings. The van der Waals surface area contributed by atoms with Crippen molar-refractivity contribution in [1.82, 2.24) is 24.7 Å². The van der Waals surface area contributed by atoms with E-state index >= 15 is 0 Å². The fraction of sp³-hybridized carbons (Fsp3) is 0.0909. The Hall–Kier alpha value is -2.50. The Balaban J connectivity index is 2.35. The Kier molecular flexibility index (Phi) is 2.18. The molecule has 2 aromatic heterocycles. The monoisotopic (exact) mass is 226 g/mol. The third-order valence-electron chi connectivity index (χ3n) is 2.44. The van der Waals surface area contributed by atoms with Crippen molar-refractivity contribution >= 4 is 16.9 Å². The summed E-state index contributed by atoms with van der Waals surface area (Å²) in [7, 11) is 1.79. The number of nitrogens with zero attached hydrogens (tertiary/aromatic N) is 5. The van der Waals surface area contributed by atoms with Crippen molar-refractivity contribution in [2.45, 2.75) is 0 Å². The molecule has 0 unspecified atom stereocenters. The first-order valence-corrected chi connectivity index (χ1v) is 5.18. The van der Waals surface area contributed by atoms with Crippen LogP contribution in [0.3, 0.4) is 0 Å². The third-order valence-corrected chi connectivity index (χ3v) is 2.44. The van der Waals surface area contributed by atoms with Gasteiger partial charge < -0.3 is 5.32 Å². The van der Waals surface area contributed by atoms with Crippen molar-refractivity contribution in [1.29, 1.82) is 0 Å². The van der Waals surface area contributed by atoms with Gasteiger partial charge in [-0.3, -0.25) is 0 Å². The number of para-hydroxylation sites is 1. The van der Waals surface area contributed by atoms with Gasteiger partial charge in [-0.1, -0.05) is 12.1 Å². The number of benzene rings is 1. The van der Waals surface area contributed by atoms with Crippen molar-refractivity contribution < 1.29 is 0 Å². The highest BCUT2D eigenvalue weighted by molar-refractivity contribution is 5.86. The van der Waals surface area contributed by atoms with Gasteiger partial charge in [0.2, 0.25) is 5.95 Å². The second-order valence-corrected chi connectivity index (χ2v) is 3.48. The second-order valence-electron chi connectivity index (χ2n) is 3.48. The minimum absolute atomic E-state index is 0.564. The molecule has 1 N–H and O–H groups in total. The molecule has 0 spiro atoms. The van der Waals surface area contributed by atoms with Gasteiger partial charge in [0.05, 0.1) is 5.52 Å². The first-order valence-electron chi connectivity index (χ1n) is 5.18. The molecular weight excluding hydrogens is 216 g/mol. The molecule has 0 atom stereocenters. The Bertz CT molecular complexity index is 646. The lowest BCUT2D eigenvalue weighted by atomic mass is 10.2. The Morgan fingerprint density at radius 3 is 2.82 bits per heavy atom. The highest BCUT2D eigenvalue weighted by Gasteiger charge is 2.08. The molecule has 6 heteroatoms. The van der Waals surface area contributed by atoms with Crippen LogP contribution < -0.4 is 5.32 Å². The van der Waals surface area contributed by atoms with E-state index in [1.807, 2.05) is 24.3 Å². The van der Waals surface area contributed by atoms with Crippen LogP contribution in [-0.4, -0.2) is 31.8 Å². The maximum atomic E-state index is 4.40. The van der Waals surface area contributed by atoms with Gasteiger partial charge in [0.25, 0.3) is 0 Å². The first kappa shape index (κ1) is 9.71. The zero-order valence-corrected chi connectivity index (χ0v) is 9.20. The molecule has 0 bridgehead atoms. The van der Waals surface area contributed by atoms with E-state index in [2.05, 4.69) is 25.4 Å². The average Bonchev–Trinajstić information content (AvgIpc) is 2.91. The van der Waals surface area contributed by atoms with E-state index in [0.717, 1.165) is 16.7 Å². The van der Waals surface area contributed by atoms with E-state index in [-0.39, 0.29) is 0 Å². The summed E-state index contributed by atoms with van der Waals surface area (Å²) in [5, 5.41) is 7.98. The van der Waals surface area contributed by atoms with Crippen LogP contribution in [0.5, 0.6) is 0 Å². The van der Waals surface area contributed by atoms with Crippen LogP contribution >= 0.6 is 0 Å². The summed E-state index contributed by atoms with van der Waals surface area (Å²) in [6.07, 6.45) is 3.10. The van der Waals surface area contributed by atoms with E-state index in [0.29, 0.717) is 5.95 Å². The van der Waals surface area contributed by atoms with Crippen molar-refractivity contribution in [3.63, 3.8) is 0 Å². The fourth-order valence-electron chi connectivity index (χ4n) is 1.66. The molecule has 0 fully saturated rings. The van der Waals surface area contributed by atoms with Gasteiger partial charge in [0.15, 0.2) is 5.82 Å². The van der Waals surface area contributed by atoms with Gasteiger partial charge >= 0.3 is 0 Å². The van der Waals surface area contributed by atoms with Crippen molar-refractivity contribution in [2.75, 3.05) is 12.4 Å². The third kappa shape index (κ3) is 1.59. The van der Waals surface area contributed by atoms with Gasteiger partial charge in [-0.2, -0.15) is 10.1 Å². The van der Waals surface area contributed by atoms with E-state index in [4.69, 9.17) is 0 Å². The molecule has 0 aliphatic carbocycles.